The van der Waals surface area contributed by atoms with Crippen LogP contribution in [0.1, 0.15) is 13.3 Å². The predicted octanol–water partition coefficient (Wildman–Crippen LogP) is 1.81. The van der Waals surface area contributed by atoms with Gasteiger partial charge < -0.3 is 24.3 Å². The van der Waals surface area contributed by atoms with Gasteiger partial charge in [-0.2, -0.15) is 0 Å². The maximum atomic E-state index is 13.2. The molecule has 4 heterocycles. The lowest BCUT2D eigenvalue weighted by atomic mass is 9.77. The van der Waals surface area contributed by atoms with Crippen LogP contribution >= 0.6 is 0 Å². The van der Waals surface area contributed by atoms with Crippen LogP contribution in [-0.4, -0.2) is 64.8 Å². The van der Waals surface area contributed by atoms with Crippen molar-refractivity contribution >= 4 is 28.5 Å². The molecule has 0 aliphatic carbocycles. The fourth-order valence-corrected chi connectivity index (χ4v) is 5.09. The van der Waals surface area contributed by atoms with Crippen molar-refractivity contribution in [3.05, 3.63) is 36.7 Å². The number of hydrogen-bond acceptors (Lipinski definition) is 5. The van der Waals surface area contributed by atoms with Gasteiger partial charge in [-0.05, 0) is 31.5 Å². The summed E-state index contributed by atoms with van der Waals surface area (Å²) in [5, 5.41) is 2.99. The highest BCUT2D eigenvalue weighted by molar-refractivity contribution is 6.00. The van der Waals surface area contributed by atoms with Gasteiger partial charge in [0.05, 0.1) is 41.8 Å². The van der Waals surface area contributed by atoms with E-state index in [0.29, 0.717) is 25.4 Å². The van der Waals surface area contributed by atoms with Gasteiger partial charge in [-0.25, -0.2) is 4.98 Å². The summed E-state index contributed by atoms with van der Waals surface area (Å²) in [5.74, 6) is -1.19. The molecule has 4 atom stereocenters. The molecular formula is C22H26N4O4. The zero-order valence-corrected chi connectivity index (χ0v) is 17.2. The fraction of sp³-hybridized carbons (Fsp3) is 0.500. The summed E-state index contributed by atoms with van der Waals surface area (Å²) < 4.78 is 13.3. The Morgan fingerprint density at radius 1 is 1.43 bits per heavy atom. The SMILES string of the molecule is CCn1cnc2cc(NC(=O)[C@H]3[C@H]4C=C[C@@]5(CN(CCCOC)C(=O)[C@@H]35)O4)ccc21. The Bertz CT molecular complexity index is 1030. The monoisotopic (exact) mass is 410 g/mol. The molecule has 1 aromatic heterocycles. The van der Waals surface area contributed by atoms with Crippen molar-refractivity contribution in [1.29, 1.82) is 0 Å². The number of aryl methyl sites for hydroxylation is 1. The zero-order valence-electron chi connectivity index (χ0n) is 17.2. The second-order valence-electron chi connectivity index (χ2n) is 8.23. The number of carbonyl (C=O) groups is 2. The number of carbonyl (C=O) groups excluding carboxylic acids is 2. The molecule has 2 saturated heterocycles. The quantitative estimate of drug-likeness (QED) is 0.556. The Morgan fingerprint density at radius 2 is 2.30 bits per heavy atom. The smallest absolute Gasteiger partial charge is 0.231 e. The molecule has 158 valence electrons. The summed E-state index contributed by atoms with van der Waals surface area (Å²) in [6.45, 7) is 4.60. The number of nitrogens with one attached hydrogen (secondary N) is 1. The first-order valence-corrected chi connectivity index (χ1v) is 10.5. The molecule has 1 spiro atoms. The number of benzene rings is 1. The molecule has 0 unspecified atom stereocenters. The maximum absolute atomic E-state index is 13.2. The van der Waals surface area contributed by atoms with E-state index in [1.54, 1.807) is 18.3 Å². The number of aromatic nitrogens is 2. The summed E-state index contributed by atoms with van der Waals surface area (Å²) in [4.78, 5) is 32.5. The Balaban J connectivity index is 1.35. The van der Waals surface area contributed by atoms with E-state index in [4.69, 9.17) is 9.47 Å². The lowest BCUT2D eigenvalue weighted by molar-refractivity contribution is -0.135. The van der Waals surface area contributed by atoms with Crippen LogP contribution in [-0.2, 0) is 25.6 Å². The maximum Gasteiger partial charge on any atom is 0.231 e. The van der Waals surface area contributed by atoms with Crippen LogP contribution in [0.3, 0.4) is 0 Å². The minimum atomic E-state index is -0.680. The molecule has 0 saturated carbocycles. The van der Waals surface area contributed by atoms with E-state index in [2.05, 4.69) is 21.8 Å². The number of anilines is 1. The summed E-state index contributed by atoms with van der Waals surface area (Å²) in [7, 11) is 1.65. The van der Waals surface area contributed by atoms with Gasteiger partial charge in [-0.3, -0.25) is 9.59 Å². The van der Waals surface area contributed by atoms with Gasteiger partial charge in [0.1, 0.15) is 5.60 Å². The third-order valence-corrected chi connectivity index (χ3v) is 6.49. The van der Waals surface area contributed by atoms with Gasteiger partial charge >= 0.3 is 0 Å². The van der Waals surface area contributed by atoms with Gasteiger partial charge in [0.2, 0.25) is 11.8 Å². The van der Waals surface area contributed by atoms with Gasteiger partial charge in [0, 0.05) is 32.5 Å². The van der Waals surface area contributed by atoms with Gasteiger partial charge in [0.25, 0.3) is 0 Å². The van der Waals surface area contributed by atoms with Crippen molar-refractivity contribution in [3.63, 3.8) is 0 Å². The second kappa shape index (κ2) is 7.21. The van der Waals surface area contributed by atoms with Crippen molar-refractivity contribution in [3.8, 4) is 0 Å². The number of likely N-dealkylation sites (tertiary alicyclic amines) is 1. The fourth-order valence-electron chi connectivity index (χ4n) is 5.09. The van der Waals surface area contributed by atoms with E-state index in [0.717, 1.165) is 24.0 Å². The molecule has 2 fully saturated rings. The van der Waals surface area contributed by atoms with Crippen molar-refractivity contribution in [2.24, 2.45) is 11.8 Å². The van der Waals surface area contributed by atoms with Crippen LogP contribution in [0.5, 0.6) is 0 Å². The summed E-state index contributed by atoms with van der Waals surface area (Å²) in [5.41, 5.74) is 1.85. The first-order valence-electron chi connectivity index (χ1n) is 10.5. The predicted molar refractivity (Wildman–Crippen MR) is 111 cm³/mol. The highest BCUT2D eigenvalue weighted by Gasteiger charge is 2.66. The van der Waals surface area contributed by atoms with Gasteiger partial charge in [-0.15, -0.1) is 0 Å². The molecule has 1 N–H and O–H groups in total. The second-order valence-corrected chi connectivity index (χ2v) is 8.23. The molecule has 5 rings (SSSR count). The number of imidazole rings is 1. The van der Waals surface area contributed by atoms with Crippen LogP contribution in [0.4, 0.5) is 5.69 Å². The number of nitrogens with zero attached hydrogens (tertiary/aromatic N) is 3. The van der Waals surface area contributed by atoms with Crippen LogP contribution < -0.4 is 5.32 Å². The Labute approximate surface area is 174 Å². The number of hydrogen-bond donors (Lipinski definition) is 1. The first-order chi connectivity index (χ1) is 14.6. The molecule has 0 radical (unpaired) electrons. The molecule has 2 aromatic rings. The number of amides is 2. The Hall–Kier alpha value is -2.71. The average Bonchev–Trinajstić information content (AvgIpc) is 3.47. The van der Waals surface area contributed by atoms with Gasteiger partial charge in [0.15, 0.2) is 0 Å². The average molecular weight is 410 g/mol. The molecule has 8 nitrogen and oxygen atoms in total. The van der Waals surface area contributed by atoms with E-state index < -0.39 is 17.4 Å². The molecule has 1 aromatic carbocycles. The molecule has 8 heteroatoms. The Morgan fingerprint density at radius 3 is 3.10 bits per heavy atom. The molecule has 2 bridgehead atoms. The van der Waals surface area contributed by atoms with E-state index in [1.165, 1.54) is 0 Å². The standard InChI is InChI=1S/C22H26N4O4/c1-3-25-13-23-15-11-14(5-6-16(15)25)24-20(27)18-17-7-8-22(30-17)12-26(9-4-10-29-2)21(28)19(18)22/h5-8,11,13,17-19H,3-4,9-10,12H2,1-2H3,(H,24,27)/t17-,18+,19-,22+/m1/s1. The number of ether oxygens (including phenoxy) is 2. The lowest BCUT2D eigenvalue weighted by Crippen LogP contribution is -2.41. The highest BCUT2D eigenvalue weighted by Crippen LogP contribution is 2.52. The van der Waals surface area contributed by atoms with Crippen LogP contribution in [0, 0.1) is 11.8 Å². The van der Waals surface area contributed by atoms with Crippen molar-refractivity contribution in [1.82, 2.24) is 14.5 Å². The minimum absolute atomic E-state index is 0.00440. The number of fused-ring (bicyclic) bond motifs is 2. The topological polar surface area (TPSA) is 85.7 Å². The van der Waals surface area contributed by atoms with E-state index >= 15 is 0 Å². The summed E-state index contributed by atoms with van der Waals surface area (Å²) in [6.07, 6.45) is 6.11. The molecular weight excluding hydrogens is 384 g/mol. The van der Waals surface area contributed by atoms with Crippen molar-refractivity contribution in [2.45, 2.75) is 31.6 Å². The third-order valence-electron chi connectivity index (χ3n) is 6.49. The van der Waals surface area contributed by atoms with E-state index in [9.17, 15) is 9.59 Å². The van der Waals surface area contributed by atoms with E-state index in [-0.39, 0.29) is 17.9 Å². The summed E-state index contributed by atoms with van der Waals surface area (Å²) in [6, 6.07) is 5.70. The van der Waals surface area contributed by atoms with Crippen LogP contribution in [0.2, 0.25) is 0 Å². The van der Waals surface area contributed by atoms with E-state index in [1.807, 2.05) is 30.4 Å². The molecule has 3 aliphatic heterocycles. The number of rotatable bonds is 7. The van der Waals surface area contributed by atoms with Gasteiger partial charge in [-0.1, -0.05) is 12.2 Å². The highest BCUT2D eigenvalue weighted by atomic mass is 16.5. The first kappa shape index (κ1) is 19.3. The van der Waals surface area contributed by atoms with Crippen molar-refractivity contribution in [2.75, 3.05) is 32.1 Å². The summed E-state index contributed by atoms with van der Waals surface area (Å²) >= 11 is 0. The lowest BCUT2D eigenvalue weighted by Gasteiger charge is -2.23. The van der Waals surface area contributed by atoms with Crippen LogP contribution in [0.15, 0.2) is 36.7 Å². The van der Waals surface area contributed by atoms with Crippen molar-refractivity contribution < 1.29 is 19.1 Å². The van der Waals surface area contributed by atoms with Crippen LogP contribution in [0.25, 0.3) is 11.0 Å². The largest absolute Gasteiger partial charge is 0.385 e. The molecule has 3 aliphatic rings. The zero-order chi connectivity index (χ0) is 20.9. The minimum Gasteiger partial charge on any atom is -0.385 e. The third kappa shape index (κ3) is 2.86. The number of methoxy groups -OCH3 is 1. The Kier molecular flexibility index (Phi) is 4.63. The molecule has 2 amide bonds. The normalized spacial score (nSPS) is 29.2. The molecule has 30 heavy (non-hydrogen) atoms.